The van der Waals surface area contributed by atoms with E-state index in [1.807, 2.05) is 23.1 Å². The minimum absolute atomic E-state index is 0.0285. The molecule has 214 valence electrons. The molecule has 1 aliphatic rings. The molecule has 4 aromatic rings. The first-order valence-electron chi connectivity index (χ1n) is 13.2. The number of aliphatic hydroxyl groups excluding tert-OH is 1. The fourth-order valence-electron chi connectivity index (χ4n) is 4.88. The van der Waals surface area contributed by atoms with E-state index in [9.17, 15) is 14.3 Å². The van der Waals surface area contributed by atoms with Gasteiger partial charge in [-0.1, -0.05) is 65.1 Å². The van der Waals surface area contributed by atoms with E-state index in [1.165, 1.54) is 23.5 Å². The molecule has 0 atom stereocenters. The number of halogens is 4. The molecule has 0 unspecified atom stereocenters. The fraction of sp³-hybridized carbons (Fsp3) is 0.258. The van der Waals surface area contributed by atoms with Crippen LogP contribution in [-0.4, -0.2) is 48.3 Å². The number of aliphatic hydroxyl groups is 1. The van der Waals surface area contributed by atoms with Crippen molar-refractivity contribution in [1.29, 1.82) is 0 Å². The third-order valence-electron chi connectivity index (χ3n) is 7.00. The number of hydrogen-bond acceptors (Lipinski definition) is 5. The Hall–Kier alpha value is -2.65. The number of ether oxygens (including phenoxy) is 1. The number of amides is 1. The predicted molar refractivity (Wildman–Crippen MR) is 165 cm³/mol. The van der Waals surface area contributed by atoms with E-state index in [4.69, 9.17) is 39.5 Å². The van der Waals surface area contributed by atoms with Crippen molar-refractivity contribution in [2.75, 3.05) is 26.3 Å². The Morgan fingerprint density at radius 3 is 2.34 bits per heavy atom. The second kappa shape index (κ2) is 13.6. The number of hydrogen-bond donors (Lipinski definition) is 2. The molecular weight excluding hydrogens is 606 g/mol. The van der Waals surface area contributed by atoms with Crippen LogP contribution in [-0.2, 0) is 6.54 Å². The maximum absolute atomic E-state index is 14.0. The molecule has 1 amide bonds. The molecule has 1 aliphatic heterocycles. The number of benzene rings is 3. The molecule has 1 aromatic heterocycles. The molecule has 3 aromatic carbocycles. The van der Waals surface area contributed by atoms with Crippen molar-refractivity contribution in [2.45, 2.75) is 25.4 Å². The molecule has 1 fully saturated rings. The number of carbonyl (C=O) groups is 1. The Balaban J connectivity index is 1.43. The second-order valence-corrected chi connectivity index (χ2v) is 12.0. The lowest BCUT2D eigenvalue weighted by Crippen LogP contribution is -2.44. The maximum Gasteiger partial charge on any atom is 0.267 e. The molecule has 0 bridgehead atoms. The zero-order chi connectivity index (χ0) is 28.9. The highest BCUT2D eigenvalue weighted by Gasteiger charge is 2.31. The van der Waals surface area contributed by atoms with E-state index in [1.54, 1.807) is 36.4 Å². The van der Waals surface area contributed by atoms with Crippen LogP contribution in [0.1, 0.15) is 28.1 Å². The van der Waals surface area contributed by atoms with E-state index in [-0.39, 0.29) is 31.0 Å². The smallest absolute Gasteiger partial charge is 0.267 e. The first-order valence-corrected chi connectivity index (χ1v) is 15.2. The lowest BCUT2D eigenvalue weighted by atomic mass is 10.0. The quantitative estimate of drug-likeness (QED) is 0.196. The van der Waals surface area contributed by atoms with E-state index in [0.29, 0.717) is 50.9 Å². The lowest BCUT2D eigenvalue weighted by molar-refractivity contribution is 0.0704. The molecule has 10 heteroatoms. The number of nitrogens with zero attached hydrogens (tertiary/aromatic N) is 1. The van der Waals surface area contributed by atoms with Gasteiger partial charge in [-0.15, -0.1) is 11.3 Å². The maximum atomic E-state index is 14.0. The van der Waals surface area contributed by atoms with Crippen LogP contribution in [0.4, 0.5) is 4.39 Å². The molecule has 0 spiro atoms. The summed E-state index contributed by atoms with van der Waals surface area (Å²) < 4.78 is 19.3. The van der Waals surface area contributed by atoms with E-state index < -0.39 is 0 Å². The predicted octanol–water partition coefficient (Wildman–Crippen LogP) is 7.95. The van der Waals surface area contributed by atoms with Crippen molar-refractivity contribution in [3.8, 4) is 27.3 Å². The van der Waals surface area contributed by atoms with Gasteiger partial charge in [-0.05, 0) is 60.4 Å². The molecular formula is C31H28Cl3FN2O3S. The van der Waals surface area contributed by atoms with E-state index in [2.05, 4.69) is 5.32 Å². The number of thiophene rings is 1. The third-order valence-corrected chi connectivity index (χ3v) is 8.99. The molecule has 5 nitrogen and oxygen atoms in total. The van der Waals surface area contributed by atoms with Gasteiger partial charge < -0.3 is 20.1 Å². The average Bonchev–Trinajstić information content (AvgIpc) is 3.35. The molecule has 0 saturated carbocycles. The Morgan fingerprint density at radius 2 is 1.68 bits per heavy atom. The SMILES string of the molecule is O=C(c1sc(-c2ccc(Cl)cc2Cl)c(-c2ccc(Cl)cc2)c1OCCO)N1CCC(NCc2ccc(F)cc2)CC1. The van der Waals surface area contributed by atoms with Crippen LogP contribution in [0.5, 0.6) is 5.75 Å². The normalized spacial score (nSPS) is 13.9. The summed E-state index contributed by atoms with van der Waals surface area (Å²) in [5.41, 5.74) is 3.26. The average molecular weight is 634 g/mol. The lowest BCUT2D eigenvalue weighted by Gasteiger charge is -2.32. The first-order chi connectivity index (χ1) is 19.8. The van der Waals surface area contributed by atoms with Gasteiger partial charge in [0.25, 0.3) is 5.91 Å². The van der Waals surface area contributed by atoms with Crippen molar-refractivity contribution in [2.24, 2.45) is 0 Å². The number of likely N-dealkylation sites (tertiary alicyclic amines) is 1. The topological polar surface area (TPSA) is 61.8 Å². The van der Waals surface area contributed by atoms with Crippen LogP contribution in [0.3, 0.4) is 0 Å². The van der Waals surface area contributed by atoms with Crippen molar-refractivity contribution in [1.82, 2.24) is 10.2 Å². The standard InChI is InChI=1S/C31H28Cl3FN2O3S/c32-21-5-3-20(4-6-21)27-28(40-16-15-38)30(41-29(27)25-10-7-22(33)17-26(25)34)31(39)37-13-11-24(12-14-37)36-18-19-1-8-23(35)9-2-19/h1-10,17,24,36,38H,11-16,18H2. The monoisotopic (exact) mass is 632 g/mol. The molecule has 1 saturated heterocycles. The Labute approximate surface area is 257 Å². The van der Waals surface area contributed by atoms with Crippen molar-refractivity contribution < 1.29 is 19.0 Å². The molecule has 41 heavy (non-hydrogen) atoms. The van der Waals surface area contributed by atoms with Gasteiger partial charge in [0.15, 0.2) is 5.75 Å². The van der Waals surface area contributed by atoms with E-state index in [0.717, 1.165) is 34.4 Å². The van der Waals surface area contributed by atoms with Gasteiger partial charge >= 0.3 is 0 Å². The van der Waals surface area contributed by atoms with Crippen molar-refractivity contribution in [3.05, 3.63) is 98.1 Å². The van der Waals surface area contributed by atoms with Crippen molar-refractivity contribution in [3.63, 3.8) is 0 Å². The van der Waals surface area contributed by atoms with Gasteiger partial charge in [-0.3, -0.25) is 4.79 Å². The molecule has 0 aliphatic carbocycles. The van der Waals surface area contributed by atoms with Gasteiger partial charge in [0, 0.05) is 51.7 Å². The number of piperidine rings is 1. The van der Waals surface area contributed by atoms with Gasteiger partial charge in [-0.2, -0.15) is 0 Å². The minimum atomic E-state index is -0.253. The van der Waals surface area contributed by atoms with Crippen LogP contribution < -0.4 is 10.1 Å². The summed E-state index contributed by atoms with van der Waals surface area (Å²) in [6, 6.07) is 19.3. The second-order valence-electron chi connectivity index (χ2n) is 9.74. The highest BCUT2D eigenvalue weighted by molar-refractivity contribution is 7.18. The summed E-state index contributed by atoms with van der Waals surface area (Å²) in [6.45, 7) is 1.61. The Kier molecular flexibility index (Phi) is 9.86. The molecule has 0 radical (unpaired) electrons. The third kappa shape index (κ3) is 7.05. The van der Waals surface area contributed by atoms with Crippen LogP contribution in [0, 0.1) is 5.82 Å². The largest absolute Gasteiger partial charge is 0.489 e. The molecule has 2 heterocycles. The zero-order valence-electron chi connectivity index (χ0n) is 22.0. The van der Waals surface area contributed by atoms with Crippen LogP contribution in [0.15, 0.2) is 66.7 Å². The van der Waals surface area contributed by atoms with Gasteiger partial charge in [0.05, 0.1) is 11.6 Å². The zero-order valence-corrected chi connectivity index (χ0v) is 25.1. The summed E-state index contributed by atoms with van der Waals surface area (Å²) in [7, 11) is 0. The van der Waals surface area contributed by atoms with Crippen LogP contribution in [0.2, 0.25) is 15.1 Å². The summed E-state index contributed by atoms with van der Waals surface area (Å²) in [5, 5.41) is 14.6. The summed E-state index contributed by atoms with van der Waals surface area (Å²) in [5.74, 6) is 0.0256. The molecule has 2 N–H and O–H groups in total. The highest BCUT2D eigenvalue weighted by Crippen LogP contribution is 2.50. The minimum Gasteiger partial charge on any atom is -0.489 e. The van der Waals surface area contributed by atoms with Crippen LogP contribution >= 0.6 is 46.1 Å². The van der Waals surface area contributed by atoms with Gasteiger partial charge in [0.2, 0.25) is 0 Å². The molecule has 5 rings (SSSR count). The van der Waals surface area contributed by atoms with Crippen LogP contribution in [0.25, 0.3) is 21.6 Å². The Bertz CT molecular complexity index is 1500. The summed E-state index contributed by atoms with van der Waals surface area (Å²) in [6.07, 6.45) is 1.57. The van der Waals surface area contributed by atoms with Crippen molar-refractivity contribution >= 4 is 52.0 Å². The van der Waals surface area contributed by atoms with Gasteiger partial charge in [-0.25, -0.2) is 4.39 Å². The fourth-order valence-corrected chi connectivity index (χ4v) is 6.84. The van der Waals surface area contributed by atoms with Gasteiger partial charge in [0.1, 0.15) is 17.3 Å². The Morgan fingerprint density at radius 1 is 1.00 bits per heavy atom. The summed E-state index contributed by atoms with van der Waals surface area (Å²) >= 11 is 20.3. The number of nitrogens with one attached hydrogen (secondary N) is 1. The first kappa shape index (κ1) is 29.8. The number of carbonyl (C=O) groups excluding carboxylic acids is 1. The summed E-state index contributed by atoms with van der Waals surface area (Å²) in [4.78, 5) is 17.0. The van der Waals surface area contributed by atoms with E-state index >= 15 is 0 Å². The number of rotatable bonds is 9. The highest BCUT2D eigenvalue weighted by atomic mass is 35.5.